The lowest BCUT2D eigenvalue weighted by atomic mass is 10.1. The van der Waals surface area contributed by atoms with Crippen LogP contribution in [-0.2, 0) is 4.79 Å². The predicted molar refractivity (Wildman–Crippen MR) is 74.4 cm³/mol. The molecule has 0 saturated heterocycles. The van der Waals surface area contributed by atoms with Crippen LogP contribution in [-0.4, -0.2) is 23.1 Å². The van der Waals surface area contributed by atoms with Crippen molar-refractivity contribution >= 4 is 23.3 Å². The number of amides is 2. The lowest BCUT2D eigenvalue weighted by Crippen LogP contribution is -2.35. The number of ether oxygens (including phenoxy) is 1. The van der Waals surface area contributed by atoms with Crippen molar-refractivity contribution in [2.45, 2.75) is 20.0 Å². The summed E-state index contributed by atoms with van der Waals surface area (Å²) in [6.45, 7) is 3.35. The Morgan fingerprint density at radius 3 is 2.95 bits per heavy atom. The second-order valence-electron chi connectivity index (χ2n) is 4.71. The molecule has 1 aliphatic rings. The first-order valence-corrected chi connectivity index (χ1v) is 6.40. The lowest BCUT2D eigenvalue weighted by Gasteiger charge is -2.24. The SMILES string of the molecule is Cc1cc(NC(=O)c2cccc3c2OC(C)C(=O)N3)no1. The van der Waals surface area contributed by atoms with Crippen LogP contribution in [0.15, 0.2) is 28.8 Å². The number of anilines is 2. The maximum Gasteiger partial charge on any atom is 0.265 e. The number of benzene rings is 1. The molecule has 0 radical (unpaired) electrons. The Morgan fingerprint density at radius 1 is 1.43 bits per heavy atom. The van der Waals surface area contributed by atoms with E-state index in [-0.39, 0.29) is 11.8 Å². The highest BCUT2D eigenvalue weighted by Gasteiger charge is 2.27. The van der Waals surface area contributed by atoms with E-state index in [0.29, 0.717) is 28.6 Å². The number of aryl methyl sites for hydroxylation is 1. The first-order chi connectivity index (χ1) is 10.0. The number of fused-ring (bicyclic) bond motifs is 1. The highest BCUT2D eigenvalue weighted by Crippen LogP contribution is 2.33. The van der Waals surface area contributed by atoms with E-state index in [9.17, 15) is 9.59 Å². The Bertz CT molecular complexity index is 723. The topological polar surface area (TPSA) is 93.5 Å². The average Bonchev–Trinajstić information content (AvgIpc) is 2.84. The summed E-state index contributed by atoms with van der Waals surface area (Å²) in [5.74, 6) is 0.638. The summed E-state index contributed by atoms with van der Waals surface area (Å²) in [5, 5.41) is 9.02. The van der Waals surface area contributed by atoms with Gasteiger partial charge in [-0.05, 0) is 26.0 Å². The first kappa shape index (κ1) is 13.2. The Morgan fingerprint density at radius 2 is 2.24 bits per heavy atom. The van der Waals surface area contributed by atoms with E-state index in [1.807, 2.05) is 0 Å². The molecule has 21 heavy (non-hydrogen) atoms. The van der Waals surface area contributed by atoms with Crippen molar-refractivity contribution in [3.05, 3.63) is 35.6 Å². The van der Waals surface area contributed by atoms with Gasteiger partial charge in [0.05, 0.1) is 11.3 Å². The minimum Gasteiger partial charge on any atom is -0.478 e. The third-order valence-corrected chi connectivity index (χ3v) is 3.05. The summed E-state index contributed by atoms with van der Waals surface area (Å²) in [7, 11) is 0. The molecule has 0 saturated carbocycles. The van der Waals surface area contributed by atoms with E-state index in [4.69, 9.17) is 9.26 Å². The van der Waals surface area contributed by atoms with Gasteiger partial charge in [0, 0.05) is 6.07 Å². The molecule has 2 amide bonds. The van der Waals surface area contributed by atoms with E-state index >= 15 is 0 Å². The van der Waals surface area contributed by atoms with Gasteiger partial charge < -0.3 is 19.9 Å². The molecule has 108 valence electrons. The van der Waals surface area contributed by atoms with Crippen molar-refractivity contribution in [2.75, 3.05) is 10.6 Å². The minimum atomic E-state index is -0.652. The summed E-state index contributed by atoms with van der Waals surface area (Å²) in [5.41, 5.74) is 0.794. The molecule has 0 bridgehead atoms. The Labute approximate surface area is 120 Å². The van der Waals surface area contributed by atoms with E-state index in [1.165, 1.54) is 0 Å². The van der Waals surface area contributed by atoms with Crippen LogP contribution in [0.25, 0.3) is 0 Å². The van der Waals surface area contributed by atoms with Crippen molar-refractivity contribution in [2.24, 2.45) is 0 Å². The van der Waals surface area contributed by atoms with Gasteiger partial charge in [-0.1, -0.05) is 11.2 Å². The minimum absolute atomic E-state index is 0.243. The normalized spacial score (nSPS) is 16.7. The van der Waals surface area contributed by atoms with Crippen molar-refractivity contribution < 1.29 is 18.8 Å². The van der Waals surface area contributed by atoms with Gasteiger partial charge in [0.15, 0.2) is 17.7 Å². The predicted octanol–water partition coefficient (Wildman–Crippen LogP) is 1.95. The van der Waals surface area contributed by atoms with Gasteiger partial charge >= 0.3 is 0 Å². The summed E-state index contributed by atoms with van der Waals surface area (Å²) in [6.07, 6.45) is -0.652. The molecule has 2 heterocycles. The number of hydrogen-bond acceptors (Lipinski definition) is 5. The number of carbonyl (C=O) groups excluding carboxylic acids is 2. The Kier molecular flexibility index (Phi) is 3.09. The fourth-order valence-electron chi connectivity index (χ4n) is 2.01. The van der Waals surface area contributed by atoms with Crippen LogP contribution >= 0.6 is 0 Å². The van der Waals surface area contributed by atoms with Gasteiger partial charge in [-0.3, -0.25) is 9.59 Å². The lowest BCUT2D eigenvalue weighted by molar-refractivity contribution is -0.122. The zero-order valence-electron chi connectivity index (χ0n) is 11.5. The van der Waals surface area contributed by atoms with Crippen LogP contribution in [0.4, 0.5) is 11.5 Å². The molecule has 1 aromatic carbocycles. The fourth-order valence-corrected chi connectivity index (χ4v) is 2.01. The smallest absolute Gasteiger partial charge is 0.265 e. The second kappa shape index (κ2) is 4.93. The molecule has 7 heteroatoms. The highest BCUT2D eigenvalue weighted by molar-refractivity contribution is 6.09. The molecule has 0 spiro atoms. The van der Waals surface area contributed by atoms with E-state index < -0.39 is 6.10 Å². The van der Waals surface area contributed by atoms with E-state index in [2.05, 4.69) is 15.8 Å². The number of hydrogen-bond donors (Lipinski definition) is 2. The Hall–Kier alpha value is -2.83. The highest BCUT2D eigenvalue weighted by atomic mass is 16.5. The summed E-state index contributed by atoms with van der Waals surface area (Å²) in [6, 6.07) is 6.57. The first-order valence-electron chi connectivity index (χ1n) is 6.40. The monoisotopic (exact) mass is 287 g/mol. The van der Waals surface area contributed by atoms with Crippen LogP contribution in [0.5, 0.6) is 5.75 Å². The third kappa shape index (κ3) is 2.45. The van der Waals surface area contributed by atoms with Gasteiger partial charge in [0.2, 0.25) is 0 Å². The molecule has 2 N–H and O–H groups in total. The maximum absolute atomic E-state index is 12.3. The number of para-hydroxylation sites is 1. The molecule has 3 rings (SSSR count). The number of carbonyl (C=O) groups is 2. The fraction of sp³-hybridized carbons (Fsp3) is 0.214. The van der Waals surface area contributed by atoms with Crippen LogP contribution in [0.1, 0.15) is 23.0 Å². The number of nitrogens with one attached hydrogen (secondary N) is 2. The molecular weight excluding hydrogens is 274 g/mol. The van der Waals surface area contributed by atoms with Gasteiger partial charge in [-0.2, -0.15) is 0 Å². The molecule has 0 fully saturated rings. The zero-order valence-corrected chi connectivity index (χ0v) is 11.5. The maximum atomic E-state index is 12.3. The van der Waals surface area contributed by atoms with Gasteiger partial charge in [-0.25, -0.2) is 0 Å². The molecular formula is C14H13N3O4. The molecule has 1 unspecified atom stereocenters. The quantitative estimate of drug-likeness (QED) is 0.880. The van der Waals surface area contributed by atoms with Crippen LogP contribution < -0.4 is 15.4 Å². The van der Waals surface area contributed by atoms with Gasteiger partial charge in [0.1, 0.15) is 5.76 Å². The van der Waals surface area contributed by atoms with Gasteiger partial charge in [-0.15, -0.1) is 0 Å². The van der Waals surface area contributed by atoms with Crippen LogP contribution in [0, 0.1) is 6.92 Å². The average molecular weight is 287 g/mol. The Balaban J connectivity index is 1.90. The molecule has 1 aromatic heterocycles. The standard InChI is InChI=1S/C14H13N3O4/c1-7-6-11(17-21-7)16-14(19)9-4-3-5-10-12(9)20-8(2)13(18)15-10/h3-6,8H,1-2H3,(H,15,18)(H,16,17,19). The van der Waals surface area contributed by atoms with Crippen molar-refractivity contribution in [1.29, 1.82) is 0 Å². The number of rotatable bonds is 2. The summed E-state index contributed by atoms with van der Waals surface area (Å²) in [4.78, 5) is 23.9. The van der Waals surface area contributed by atoms with Crippen LogP contribution in [0.2, 0.25) is 0 Å². The largest absolute Gasteiger partial charge is 0.478 e. The molecule has 1 atom stereocenters. The van der Waals surface area contributed by atoms with E-state index in [0.717, 1.165) is 0 Å². The summed E-state index contributed by atoms with van der Waals surface area (Å²) < 4.78 is 10.4. The molecule has 7 nitrogen and oxygen atoms in total. The van der Waals surface area contributed by atoms with E-state index in [1.54, 1.807) is 38.1 Å². The number of nitrogens with zero attached hydrogens (tertiary/aromatic N) is 1. The summed E-state index contributed by atoms with van der Waals surface area (Å²) >= 11 is 0. The van der Waals surface area contributed by atoms with Crippen molar-refractivity contribution in [1.82, 2.24) is 5.16 Å². The third-order valence-electron chi connectivity index (χ3n) is 3.05. The van der Waals surface area contributed by atoms with Gasteiger partial charge in [0.25, 0.3) is 11.8 Å². The van der Waals surface area contributed by atoms with Crippen molar-refractivity contribution in [3.8, 4) is 5.75 Å². The molecule has 0 aliphatic carbocycles. The van der Waals surface area contributed by atoms with Crippen LogP contribution in [0.3, 0.4) is 0 Å². The second-order valence-corrected chi connectivity index (χ2v) is 4.71. The van der Waals surface area contributed by atoms with Crippen molar-refractivity contribution in [3.63, 3.8) is 0 Å². The molecule has 1 aliphatic heterocycles. The zero-order chi connectivity index (χ0) is 15.0. The number of aromatic nitrogens is 1. The molecule has 2 aromatic rings.